The van der Waals surface area contributed by atoms with E-state index < -0.39 is 35.1 Å². The highest BCUT2D eigenvalue weighted by Gasteiger charge is 2.30. The van der Waals surface area contributed by atoms with Crippen LogP contribution < -0.4 is 5.32 Å². The highest BCUT2D eigenvalue weighted by Crippen LogP contribution is 2.30. The molecule has 7 nitrogen and oxygen atoms in total. The van der Waals surface area contributed by atoms with Crippen molar-refractivity contribution >= 4 is 23.3 Å². The molecule has 2 aromatic carbocycles. The number of nitrogens with one attached hydrogen (secondary N) is 1. The number of alkyl halides is 3. The summed E-state index contributed by atoms with van der Waals surface area (Å²) < 4.78 is 42.7. The first-order valence-electron chi connectivity index (χ1n) is 7.47. The lowest BCUT2D eigenvalue weighted by molar-refractivity contribution is -0.385. The van der Waals surface area contributed by atoms with Crippen LogP contribution in [0.4, 0.5) is 24.5 Å². The van der Waals surface area contributed by atoms with Gasteiger partial charge in [0, 0.05) is 17.3 Å². The maximum absolute atomic E-state index is 12.6. The number of ether oxygens (including phenoxy) is 1. The fourth-order valence-electron chi connectivity index (χ4n) is 2.17. The molecule has 0 aliphatic carbocycles. The molecule has 0 heterocycles. The Morgan fingerprint density at radius 1 is 1.19 bits per heavy atom. The Bertz CT molecular complexity index is 896. The summed E-state index contributed by atoms with van der Waals surface area (Å²) in [5.41, 5.74) is -0.961. The van der Waals surface area contributed by atoms with Crippen LogP contribution in [0.5, 0.6) is 0 Å². The van der Waals surface area contributed by atoms with Crippen molar-refractivity contribution in [2.24, 2.45) is 0 Å². The Morgan fingerprint density at radius 2 is 1.89 bits per heavy atom. The minimum atomic E-state index is -4.55. The normalized spacial score (nSPS) is 11.0. The van der Waals surface area contributed by atoms with E-state index in [4.69, 9.17) is 4.74 Å². The molecule has 1 amide bonds. The summed E-state index contributed by atoms with van der Waals surface area (Å²) >= 11 is 0. The number of nitro groups is 1. The average molecular weight is 382 g/mol. The molecule has 0 aromatic heterocycles. The molecular formula is C17H13F3N2O5. The van der Waals surface area contributed by atoms with Crippen molar-refractivity contribution in [3.8, 4) is 0 Å². The molecule has 0 spiro atoms. The van der Waals surface area contributed by atoms with Crippen LogP contribution in [0.3, 0.4) is 0 Å². The number of nitro benzene ring substituents is 1. The van der Waals surface area contributed by atoms with E-state index in [-0.39, 0.29) is 22.5 Å². The molecule has 0 aliphatic heterocycles. The lowest BCUT2D eigenvalue weighted by Crippen LogP contribution is -2.21. The third-order valence-corrected chi connectivity index (χ3v) is 3.44. The molecule has 2 rings (SSSR count). The lowest BCUT2D eigenvalue weighted by atomic mass is 10.1. The fraction of sp³-hybridized carbons (Fsp3) is 0.176. The van der Waals surface area contributed by atoms with Crippen LogP contribution in [-0.2, 0) is 15.7 Å². The number of aryl methyl sites for hydroxylation is 1. The highest BCUT2D eigenvalue weighted by atomic mass is 19.4. The number of hydrogen-bond acceptors (Lipinski definition) is 5. The molecule has 0 saturated heterocycles. The van der Waals surface area contributed by atoms with Crippen LogP contribution in [-0.4, -0.2) is 23.4 Å². The predicted octanol–water partition coefficient (Wildman–Crippen LogP) is 3.72. The van der Waals surface area contributed by atoms with Crippen molar-refractivity contribution in [3.05, 3.63) is 69.3 Å². The molecular weight excluding hydrogens is 369 g/mol. The van der Waals surface area contributed by atoms with E-state index in [0.29, 0.717) is 0 Å². The van der Waals surface area contributed by atoms with Gasteiger partial charge >= 0.3 is 12.1 Å². The van der Waals surface area contributed by atoms with Gasteiger partial charge in [0.1, 0.15) is 0 Å². The zero-order valence-electron chi connectivity index (χ0n) is 13.9. The number of benzene rings is 2. The van der Waals surface area contributed by atoms with E-state index in [1.807, 2.05) is 0 Å². The van der Waals surface area contributed by atoms with E-state index in [0.717, 1.165) is 24.3 Å². The smallest absolute Gasteiger partial charge is 0.416 e. The molecule has 0 saturated carbocycles. The van der Waals surface area contributed by atoms with E-state index in [1.54, 1.807) is 0 Å². The van der Waals surface area contributed by atoms with E-state index in [9.17, 15) is 32.9 Å². The Labute approximate surface area is 150 Å². The minimum absolute atomic E-state index is 0.00460. The molecule has 0 bridgehead atoms. The molecule has 1 N–H and O–H groups in total. The Morgan fingerprint density at radius 3 is 2.48 bits per heavy atom. The third-order valence-electron chi connectivity index (χ3n) is 3.44. The van der Waals surface area contributed by atoms with Gasteiger partial charge in [-0.05, 0) is 37.3 Å². The second kappa shape index (κ2) is 7.85. The lowest BCUT2D eigenvalue weighted by Gasteiger charge is -2.10. The van der Waals surface area contributed by atoms with Gasteiger partial charge in [0.05, 0.1) is 16.1 Å². The molecule has 10 heteroatoms. The van der Waals surface area contributed by atoms with Crippen molar-refractivity contribution < 1.29 is 32.4 Å². The first-order chi connectivity index (χ1) is 12.6. The molecule has 0 unspecified atom stereocenters. The van der Waals surface area contributed by atoms with Gasteiger partial charge in [0.2, 0.25) is 0 Å². The summed E-state index contributed by atoms with van der Waals surface area (Å²) in [6, 6.07) is 7.54. The number of halogens is 3. The van der Waals surface area contributed by atoms with Crippen molar-refractivity contribution in [2.75, 3.05) is 11.9 Å². The average Bonchev–Trinajstić information content (AvgIpc) is 2.58. The Hall–Kier alpha value is -3.43. The molecule has 0 radical (unpaired) electrons. The van der Waals surface area contributed by atoms with Crippen LogP contribution in [0.25, 0.3) is 0 Å². The molecule has 0 aliphatic rings. The molecule has 142 valence electrons. The first kappa shape index (κ1) is 19.9. The van der Waals surface area contributed by atoms with Gasteiger partial charge in [0.25, 0.3) is 11.6 Å². The van der Waals surface area contributed by atoms with Crippen LogP contribution in [0, 0.1) is 17.0 Å². The zero-order chi connectivity index (χ0) is 20.2. The summed E-state index contributed by atoms with van der Waals surface area (Å²) in [7, 11) is 0. The van der Waals surface area contributed by atoms with Crippen LogP contribution >= 0.6 is 0 Å². The quantitative estimate of drug-likeness (QED) is 0.483. The van der Waals surface area contributed by atoms with Crippen molar-refractivity contribution in [3.63, 3.8) is 0 Å². The summed E-state index contributed by atoms with van der Waals surface area (Å²) in [6.07, 6.45) is -4.55. The summed E-state index contributed by atoms with van der Waals surface area (Å²) in [4.78, 5) is 33.8. The number of nitrogens with zero attached hydrogens (tertiary/aromatic N) is 1. The van der Waals surface area contributed by atoms with Gasteiger partial charge in [0.15, 0.2) is 6.61 Å². The maximum Gasteiger partial charge on any atom is 0.416 e. The van der Waals surface area contributed by atoms with Gasteiger partial charge in [-0.25, -0.2) is 4.79 Å². The van der Waals surface area contributed by atoms with E-state index in [1.165, 1.54) is 25.1 Å². The number of anilines is 1. The number of carbonyl (C=O) groups is 2. The number of amides is 1. The predicted molar refractivity (Wildman–Crippen MR) is 88.2 cm³/mol. The summed E-state index contributed by atoms with van der Waals surface area (Å²) in [5, 5.41) is 12.9. The number of rotatable bonds is 5. The van der Waals surface area contributed by atoms with Crippen LogP contribution in [0.2, 0.25) is 0 Å². The highest BCUT2D eigenvalue weighted by molar-refractivity contribution is 5.95. The van der Waals surface area contributed by atoms with Crippen LogP contribution in [0.15, 0.2) is 42.5 Å². The largest absolute Gasteiger partial charge is 0.452 e. The van der Waals surface area contributed by atoms with E-state index in [2.05, 4.69) is 5.32 Å². The summed E-state index contributed by atoms with van der Waals surface area (Å²) in [6.45, 7) is 0.709. The summed E-state index contributed by atoms with van der Waals surface area (Å²) in [5.74, 6) is -1.73. The van der Waals surface area contributed by atoms with Gasteiger partial charge in [-0.3, -0.25) is 14.9 Å². The molecule has 0 fully saturated rings. The van der Waals surface area contributed by atoms with Gasteiger partial charge in [-0.15, -0.1) is 0 Å². The van der Waals surface area contributed by atoms with E-state index >= 15 is 0 Å². The number of hydrogen-bond donors (Lipinski definition) is 1. The topological polar surface area (TPSA) is 98.5 Å². The Kier molecular flexibility index (Phi) is 5.78. The minimum Gasteiger partial charge on any atom is -0.452 e. The number of carbonyl (C=O) groups excluding carboxylic acids is 2. The molecule has 0 atom stereocenters. The fourth-order valence-corrected chi connectivity index (χ4v) is 2.17. The van der Waals surface area contributed by atoms with Crippen molar-refractivity contribution in [1.29, 1.82) is 0 Å². The second-order valence-corrected chi connectivity index (χ2v) is 5.46. The van der Waals surface area contributed by atoms with Gasteiger partial charge < -0.3 is 10.1 Å². The Balaban J connectivity index is 1.97. The SMILES string of the molecule is Cc1cc(C(=O)OCC(=O)Nc2cccc(C(F)(F)F)c2)ccc1[N+](=O)[O-]. The standard InChI is InChI=1S/C17H13F3N2O5/c1-10-7-11(5-6-14(10)22(25)26)16(24)27-9-15(23)21-13-4-2-3-12(8-13)17(18,19)20/h2-8H,9H2,1H3,(H,21,23). The second-order valence-electron chi connectivity index (χ2n) is 5.46. The first-order valence-corrected chi connectivity index (χ1v) is 7.47. The third kappa shape index (κ3) is 5.27. The van der Waals surface area contributed by atoms with Crippen molar-refractivity contribution in [2.45, 2.75) is 13.1 Å². The van der Waals surface area contributed by atoms with Crippen molar-refractivity contribution in [1.82, 2.24) is 0 Å². The molecule has 27 heavy (non-hydrogen) atoms. The number of esters is 1. The van der Waals surface area contributed by atoms with Gasteiger partial charge in [-0.1, -0.05) is 6.07 Å². The van der Waals surface area contributed by atoms with Crippen LogP contribution in [0.1, 0.15) is 21.5 Å². The zero-order valence-corrected chi connectivity index (χ0v) is 13.9. The monoisotopic (exact) mass is 382 g/mol. The molecule has 2 aromatic rings. The van der Waals surface area contributed by atoms with Gasteiger partial charge in [-0.2, -0.15) is 13.2 Å². The maximum atomic E-state index is 12.6.